The average molecular weight is 204 g/mol. The molecule has 0 aliphatic rings. The highest BCUT2D eigenvalue weighted by Gasteiger charge is 2.09. The summed E-state index contributed by atoms with van der Waals surface area (Å²) in [6.45, 7) is 2.74. The number of carboxylic acids is 1. The Morgan fingerprint density at radius 1 is 1.53 bits per heavy atom. The molecule has 2 aromatic rings. The molecule has 4 heteroatoms. The van der Waals surface area contributed by atoms with Gasteiger partial charge in [-0.1, -0.05) is 18.2 Å². The summed E-state index contributed by atoms with van der Waals surface area (Å²) >= 11 is 0. The van der Waals surface area contributed by atoms with Crippen LogP contribution in [0.15, 0.2) is 24.4 Å². The second-order valence-electron chi connectivity index (χ2n) is 3.39. The predicted octanol–water partition coefficient (Wildman–Crippen LogP) is 1.68. The van der Waals surface area contributed by atoms with Gasteiger partial charge in [0, 0.05) is 11.9 Å². The molecule has 1 heterocycles. The Morgan fingerprint density at radius 2 is 2.33 bits per heavy atom. The molecule has 1 aromatic carbocycles. The third-order valence-corrected chi connectivity index (χ3v) is 2.39. The van der Waals surface area contributed by atoms with E-state index in [1.54, 1.807) is 6.20 Å². The molecule has 0 saturated carbocycles. The van der Waals surface area contributed by atoms with E-state index in [1.807, 2.05) is 29.8 Å². The van der Waals surface area contributed by atoms with Gasteiger partial charge in [0.25, 0.3) is 0 Å². The molecule has 1 N–H and O–H groups in total. The normalized spacial score (nSPS) is 10.7. The van der Waals surface area contributed by atoms with Gasteiger partial charge in [0.15, 0.2) is 0 Å². The second kappa shape index (κ2) is 3.73. The number of hydrogen-bond acceptors (Lipinski definition) is 2. The fraction of sp³-hybridized carbons (Fsp3) is 0.273. The lowest BCUT2D eigenvalue weighted by Gasteiger charge is -2.03. The Morgan fingerprint density at radius 3 is 3.00 bits per heavy atom. The minimum Gasteiger partial charge on any atom is -0.481 e. The predicted molar refractivity (Wildman–Crippen MR) is 56.7 cm³/mol. The molecule has 0 radical (unpaired) electrons. The van der Waals surface area contributed by atoms with Crippen LogP contribution in [0, 0.1) is 0 Å². The smallest absolute Gasteiger partial charge is 0.307 e. The summed E-state index contributed by atoms with van der Waals surface area (Å²) in [7, 11) is 0. The van der Waals surface area contributed by atoms with E-state index in [0.29, 0.717) is 0 Å². The van der Waals surface area contributed by atoms with Crippen LogP contribution in [0.25, 0.3) is 10.9 Å². The number of fused-ring (bicyclic) bond motifs is 1. The van der Waals surface area contributed by atoms with Crippen LogP contribution in [0.4, 0.5) is 0 Å². The van der Waals surface area contributed by atoms with Crippen molar-refractivity contribution in [3.05, 3.63) is 30.0 Å². The van der Waals surface area contributed by atoms with E-state index in [4.69, 9.17) is 5.11 Å². The number of aliphatic carboxylic acids is 1. The van der Waals surface area contributed by atoms with Crippen molar-refractivity contribution in [3.63, 3.8) is 0 Å². The van der Waals surface area contributed by atoms with Crippen LogP contribution in [0.5, 0.6) is 0 Å². The first kappa shape index (κ1) is 9.71. The number of hydrogen-bond donors (Lipinski definition) is 1. The molecule has 15 heavy (non-hydrogen) atoms. The number of para-hydroxylation sites is 1. The van der Waals surface area contributed by atoms with Gasteiger partial charge in [-0.2, -0.15) is 5.10 Å². The summed E-state index contributed by atoms with van der Waals surface area (Å²) < 4.78 is 1.83. The van der Waals surface area contributed by atoms with Crippen molar-refractivity contribution in [3.8, 4) is 0 Å². The monoisotopic (exact) mass is 204 g/mol. The molecule has 1 aromatic heterocycles. The van der Waals surface area contributed by atoms with E-state index in [0.717, 1.165) is 23.0 Å². The summed E-state index contributed by atoms with van der Waals surface area (Å²) in [5.74, 6) is -0.814. The number of carbonyl (C=O) groups is 1. The van der Waals surface area contributed by atoms with Crippen molar-refractivity contribution < 1.29 is 9.90 Å². The number of nitrogens with zero attached hydrogens (tertiary/aromatic N) is 2. The first-order chi connectivity index (χ1) is 7.22. The van der Waals surface area contributed by atoms with Crippen LogP contribution in [0.3, 0.4) is 0 Å². The summed E-state index contributed by atoms with van der Waals surface area (Å²) in [5, 5.41) is 14.0. The third-order valence-electron chi connectivity index (χ3n) is 2.39. The van der Waals surface area contributed by atoms with Crippen molar-refractivity contribution >= 4 is 16.9 Å². The van der Waals surface area contributed by atoms with Crippen LogP contribution < -0.4 is 0 Å². The summed E-state index contributed by atoms with van der Waals surface area (Å²) in [6, 6.07) is 5.65. The molecule has 2 rings (SSSR count). The molecular weight excluding hydrogens is 192 g/mol. The summed E-state index contributed by atoms with van der Waals surface area (Å²) in [4.78, 5) is 10.7. The van der Waals surface area contributed by atoms with E-state index < -0.39 is 5.97 Å². The van der Waals surface area contributed by atoms with Gasteiger partial charge >= 0.3 is 5.97 Å². The lowest BCUT2D eigenvalue weighted by Crippen LogP contribution is -2.04. The van der Waals surface area contributed by atoms with Gasteiger partial charge in [0.2, 0.25) is 0 Å². The SMILES string of the molecule is CCn1ncc2cccc(CC(=O)O)c21. The minimum atomic E-state index is -0.814. The van der Waals surface area contributed by atoms with Gasteiger partial charge in [-0.05, 0) is 12.5 Å². The van der Waals surface area contributed by atoms with E-state index in [2.05, 4.69) is 5.10 Å². The Labute approximate surface area is 87.1 Å². The fourth-order valence-electron chi connectivity index (χ4n) is 1.77. The van der Waals surface area contributed by atoms with E-state index >= 15 is 0 Å². The van der Waals surface area contributed by atoms with Gasteiger partial charge in [0.1, 0.15) is 0 Å². The maximum absolute atomic E-state index is 10.7. The van der Waals surface area contributed by atoms with Crippen LogP contribution in [-0.2, 0) is 17.8 Å². The largest absolute Gasteiger partial charge is 0.481 e. The number of benzene rings is 1. The lowest BCUT2D eigenvalue weighted by molar-refractivity contribution is -0.136. The van der Waals surface area contributed by atoms with Gasteiger partial charge in [-0.25, -0.2) is 0 Å². The molecule has 0 aliphatic heterocycles. The molecule has 78 valence electrons. The molecule has 0 unspecified atom stereocenters. The standard InChI is InChI=1S/C11H12N2O2/c1-2-13-11-8(6-10(14)15)4-3-5-9(11)7-12-13/h3-5,7H,2,6H2,1H3,(H,14,15). The quantitative estimate of drug-likeness (QED) is 0.827. The average Bonchev–Trinajstić information content (AvgIpc) is 2.61. The first-order valence-electron chi connectivity index (χ1n) is 4.87. The molecule has 0 aliphatic carbocycles. The highest BCUT2D eigenvalue weighted by Crippen LogP contribution is 2.19. The molecule has 0 fully saturated rings. The van der Waals surface area contributed by atoms with Crippen molar-refractivity contribution in [2.45, 2.75) is 19.9 Å². The molecule has 4 nitrogen and oxygen atoms in total. The maximum Gasteiger partial charge on any atom is 0.307 e. The van der Waals surface area contributed by atoms with Crippen molar-refractivity contribution in [1.29, 1.82) is 0 Å². The number of rotatable bonds is 3. The van der Waals surface area contributed by atoms with E-state index in [1.165, 1.54) is 0 Å². The zero-order valence-electron chi connectivity index (χ0n) is 8.47. The lowest BCUT2D eigenvalue weighted by atomic mass is 10.1. The molecule has 0 atom stereocenters. The van der Waals surface area contributed by atoms with E-state index in [-0.39, 0.29) is 6.42 Å². The van der Waals surface area contributed by atoms with Crippen molar-refractivity contribution in [2.75, 3.05) is 0 Å². The number of aromatic nitrogens is 2. The zero-order valence-corrected chi connectivity index (χ0v) is 8.47. The Hall–Kier alpha value is -1.84. The fourth-order valence-corrected chi connectivity index (χ4v) is 1.77. The summed E-state index contributed by atoms with van der Waals surface area (Å²) in [6.07, 6.45) is 1.81. The highest BCUT2D eigenvalue weighted by molar-refractivity contribution is 5.85. The zero-order chi connectivity index (χ0) is 10.8. The number of carboxylic acid groups (broad SMARTS) is 1. The first-order valence-corrected chi connectivity index (χ1v) is 4.87. The molecule has 0 saturated heterocycles. The van der Waals surface area contributed by atoms with Crippen molar-refractivity contribution in [1.82, 2.24) is 9.78 Å². The van der Waals surface area contributed by atoms with Gasteiger partial charge in [-0.15, -0.1) is 0 Å². The Bertz CT molecular complexity index is 502. The second-order valence-corrected chi connectivity index (χ2v) is 3.39. The topological polar surface area (TPSA) is 55.1 Å². The van der Waals surface area contributed by atoms with Crippen LogP contribution in [-0.4, -0.2) is 20.9 Å². The van der Waals surface area contributed by atoms with Crippen LogP contribution in [0.2, 0.25) is 0 Å². The minimum absolute atomic E-state index is 0.0447. The number of aryl methyl sites for hydroxylation is 1. The Kier molecular flexibility index (Phi) is 2.41. The molecule has 0 spiro atoms. The van der Waals surface area contributed by atoms with Gasteiger partial charge in [-0.3, -0.25) is 9.48 Å². The molecular formula is C11H12N2O2. The maximum atomic E-state index is 10.7. The molecule has 0 amide bonds. The van der Waals surface area contributed by atoms with E-state index in [9.17, 15) is 4.79 Å². The third kappa shape index (κ3) is 1.70. The molecule has 0 bridgehead atoms. The van der Waals surface area contributed by atoms with Crippen LogP contribution >= 0.6 is 0 Å². The highest BCUT2D eigenvalue weighted by atomic mass is 16.4. The van der Waals surface area contributed by atoms with Gasteiger partial charge in [0.05, 0.1) is 18.1 Å². The summed E-state index contributed by atoms with van der Waals surface area (Å²) in [5.41, 5.74) is 1.75. The van der Waals surface area contributed by atoms with Gasteiger partial charge < -0.3 is 5.11 Å². The Balaban J connectivity index is 2.61. The van der Waals surface area contributed by atoms with Crippen LogP contribution in [0.1, 0.15) is 12.5 Å². The van der Waals surface area contributed by atoms with Crippen molar-refractivity contribution in [2.24, 2.45) is 0 Å².